The van der Waals surface area contributed by atoms with Gasteiger partial charge in [0, 0.05) is 22.3 Å². The molecule has 2 amide bonds. The Morgan fingerprint density at radius 1 is 1.26 bits per heavy atom. The highest BCUT2D eigenvalue weighted by molar-refractivity contribution is 9.10. The fourth-order valence-corrected chi connectivity index (χ4v) is 2.63. The zero-order valence-corrected chi connectivity index (χ0v) is 16.7. The van der Waals surface area contributed by atoms with E-state index in [0.717, 1.165) is 10.5 Å². The summed E-state index contributed by atoms with van der Waals surface area (Å²) in [6.07, 6.45) is 1.53. The lowest BCUT2D eigenvalue weighted by Gasteiger charge is -2.21. The number of rotatable bonds is 6. The maximum absolute atomic E-state index is 12.5. The molecule has 2 rings (SSSR count). The fraction of sp³-hybridized carbons (Fsp3) is 0.235. The number of hydrogen-bond acceptors (Lipinski definition) is 5. The molecule has 2 aromatic rings. The van der Waals surface area contributed by atoms with Crippen LogP contribution in [0, 0.1) is 16.0 Å². The number of nitro groups is 1. The van der Waals surface area contributed by atoms with Crippen LogP contribution in [-0.4, -0.2) is 27.8 Å². The smallest absolute Gasteiger partial charge is 0.288 e. The number of anilines is 1. The third-order valence-electron chi connectivity index (χ3n) is 3.62. The van der Waals surface area contributed by atoms with Crippen LogP contribution in [0.5, 0.6) is 0 Å². The summed E-state index contributed by atoms with van der Waals surface area (Å²) in [4.78, 5) is 39.4. The van der Waals surface area contributed by atoms with E-state index in [9.17, 15) is 19.7 Å². The predicted molar refractivity (Wildman–Crippen MR) is 105 cm³/mol. The van der Waals surface area contributed by atoms with Crippen LogP contribution in [0.25, 0.3) is 0 Å². The highest BCUT2D eigenvalue weighted by Crippen LogP contribution is 2.25. The van der Waals surface area contributed by atoms with Crippen molar-refractivity contribution < 1.29 is 14.5 Å². The molecule has 1 unspecified atom stereocenters. The molecule has 0 aliphatic carbocycles. The number of amides is 2. The topological polar surface area (TPSA) is 114 Å². The van der Waals surface area contributed by atoms with Crippen LogP contribution in [0.1, 0.15) is 24.2 Å². The molecule has 2 N–H and O–H groups in total. The SMILES string of the molecule is CC(C)C(NC(=O)c1ccc(Cl)c([N+](=O)[O-])c1)C(=O)Nc1ccc(Br)cn1. The number of pyridine rings is 1. The summed E-state index contributed by atoms with van der Waals surface area (Å²) < 4.78 is 0.763. The zero-order chi connectivity index (χ0) is 20.1. The lowest BCUT2D eigenvalue weighted by molar-refractivity contribution is -0.384. The second kappa shape index (κ2) is 8.92. The number of nitro benzene ring substituents is 1. The number of nitrogens with zero attached hydrogens (tertiary/aromatic N) is 2. The maximum atomic E-state index is 12.5. The van der Waals surface area contributed by atoms with Crippen molar-refractivity contribution in [2.75, 3.05) is 5.32 Å². The van der Waals surface area contributed by atoms with Gasteiger partial charge < -0.3 is 10.6 Å². The lowest BCUT2D eigenvalue weighted by atomic mass is 10.0. The molecule has 0 spiro atoms. The first kappa shape index (κ1) is 20.8. The van der Waals surface area contributed by atoms with Crippen molar-refractivity contribution in [2.24, 2.45) is 5.92 Å². The van der Waals surface area contributed by atoms with Gasteiger partial charge >= 0.3 is 0 Å². The zero-order valence-electron chi connectivity index (χ0n) is 14.4. The van der Waals surface area contributed by atoms with E-state index in [1.165, 1.54) is 18.3 Å². The summed E-state index contributed by atoms with van der Waals surface area (Å²) in [6.45, 7) is 3.54. The summed E-state index contributed by atoms with van der Waals surface area (Å²) in [6, 6.07) is 6.17. The summed E-state index contributed by atoms with van der Waals surface area (Å²) in [5.41, 5.74) is -0.347. The van der Waals surface area contributed by atoms with Crippen molar-refractivity contribution in [3.05, 3.63) is 61.7 Å². The Balaban J connectivity index is 2.16. The molecule has 0 aliphatic rings. The monoisotopic (exact) mass is 454 g/mol. The molecule has 142 valence electrons. The average Bonchev–Trinajstić information content (AvgIpc) is 2.61. The van der Waals surface area contributed by atoms with Crippen molar-refractivity contribution in [3.63, 3.8) is 0 Å². The summed E-state index contributed by atoms with van der Waals surface area (Å²) in [5, 5.41) is 16.1. The molecule has 1 atom stereocenters. The highest BCUT2D eigenvalue weighted by atomic mass is 79.9. The molecule has 8 nitrogen and oxygen atoms in total. The first-order chi connectivity index (χ1) is 12.7. The van der Waals surface area contributed by atoms with Gasteiger partial charge in [0.05, 0.1) is 4.92 Å². The first-order valence-electron chi connectivity index (χ1n) is 7.86. The second-order valence-corrected chi connectivity index (χ2v) is 7.29. The quantitative estimate of drug-likeness (QED) is 0.508. The van der Waals surface area contributed by atoms with Crippen LogP contribution in [0.3, 0.4) is 0 Å². The molecule has 0 saturated carbocycles. The Bertz CT molecular complexity index is 874. The minimum Gasteiger partial charge on any atom is -0.340 e. The predicted octanol–water partition coefficient (Wildman–Crippen LogP) is 3.80. The van der Waals surface area contributed by atoms with E-state index in [1.807, 2.05) is 0 Å². The van der Waals surface area contributed by atoms with Crippen molar-refractivity contribution in [3.8, 4) is 0 Å². The summed E-state index contributed by atoms with van der Waals surface area (Å²) in [5.74, 6) is -0.957. The van der Waals surface area contributed by atoms with Crippen molar-refractivity contribution >= 4 is 50.9 Å². The number of carbonyl (C=O) groups is 2. The van der Waals surface area contributed by atoms with E-state index < -0.39 is 22.8 Å². The molecular formula is C17H16BrClN4O4. The summed E-state index contributed by atoms with van der Waals surface area (Å²) >= 11 is 9.01. The van der Waals surface area contributed by atoms with E-state index in [1.54, 1.807) is 26.0 Å². The Hall–Kier alpha value is -2.52. The molecule has 1 heterocycles. The van der Waals surface area contributed by atoms with E-state index in [0.29, 0.717) is 5.82 Å². The third-order valence-corrected chi connectivity index (χ3v) is 4.41. The molecule has 1 aromatic heterocycles. The molecule has 10 heteroatoms. The minimum absolute atomic E-state index is 0.0336. The number of hydrogen-bond donors (Lipinski definition) is 2. The van der Waals surface area contributed by atoms with Gasteiger partial charge in [0.2, 0.25) is 5.91 Å². The largest absolute Gasteiger partial charge is 0.340 e. The van der Waals surface area contributed by atoms with E-state index in [4.69, 9.17) is 11.6 Å². The Morgan fingerprint density at radius 3 is 2.52 bits per heavy atom. The first-order valence-corrected chi connectivity index (χ1v) is 9.03. The Morgan fingerprint density at radius 2 is 1.96 bits per heavy atom. The number of nitrogens with one attached hydrogen (secondary N) is 2. The number of benzene rings is 1. The molecule has 1 aromatic carbocycles. The Kier molecular flexibility index (Phi) is 6.86. The molecule has 0 bridgehead atoms. The third kappa shape index (κ3) is 5.48. The van der Waals surface area contributed by atoms with Crippen molar-refractivity contribution in [2.45, 2.75) is 19.9 Å². The highest BCUT2D eigenvalue weighted by Gasteiger charge is 2.26. The average molecular weight is 456 g/mol. The van der Waals surface area contributed by atoms with Gasteiger partial charge in [-0.3, -0.25) is 19.7 Å². The number of carbonyl (C=O) groups excluding carboxylic acids is 2. The second-order valence-electron chi connectivity index (χ2n) is 5.97. The maximum Gasteiger partial charge on any atom is 0.288 e. The van der Waals surface area contributed by atoms with Crippen molar-refractivity contribution in [1.29, 1.82) is 0 Å². The van der Waals surface area contributed by atoms with Gasteiger partial charge in [0.15, 0.2) is 0 Å². The van der Waals surface area contributed by atoms with Crippen LogP contribution in [-0.2, 0) is 4.79 Å². The number of aromatic nitrogens is 1. The van der Waals surface area contributed by atoms with Gasteiger partial charge in [-0.25, -0.2) is 4.98 Å². The molecule has 27 heavy (non-hydrogen) atoms. The van der Waals surface area contributed by atoms with Crippen molar-refractivity contribution in [1.82, 2.24) is 10.3 Å². The number of halogens is 2. The fourth-order valence-electron chi connectivity index (χ4n) is 2.21. The minimum atomic E-state index is -0.863. The van der Waals surface area contributed by atoms with Crippen LogP contribution < -0.4 is 10.6 Å². The van der Waals surface area contributed by atoms with Gasteiger partial charge in [0.25, 0.3) is 11.6 Å². The molecule has 0 aliphatic heterocycles. The van der Waals surface area contributed by atoms with E-state index >= 15 is 0 Å². The molecular weight excluding hydrogens is 440 g/mol. The van der Waals surface area contributed by atoms with Crippen LogP contribution in [0.2, 0.25) is 5.02 Å². The van der Waals surface area contributed by atoms with Gasteiger partial charge in [-0.15, -0.1) is 0 Å². The standard InChI is InChI=1S/C17H16BrClN4O4/c1-9(2)15(17(25)21-14-6-4-11(18)8-20-14)22-16(24)10-3-5-12(19)13(7-10)23(26)27/h3-9,15H,1-2H3,(H,22,24)(H,20,21,25). The van der Waals surface area contributed by atoms with Crippen LogP contribution in [0.15, 0.2) is 41.0 Å². The van der Waals surface area contributed by atoms with Crippen LogP contribution >= 0.6 is 27.5 Å². The van der Waals surface area contributed by atoms with E-state index in [-0.39, 0.29) is 22.2 Å². The molecule has 0 fully saturated rings. The summed E-state index contributed by atoms with van der Waals surface area (Å²) in [7, 11) is 0. The van der Waals surface area contributed by atoms with Crippen LogP contribution in [0.4, 0.5) is 11.5 Å². The lowest BCUT2D eigenvalue weighted by Crippen LogP contribution is -2.47. The van der Waals surface area contributed by atoms with Gasteiger partial charge in [-0.1, -0.05) is 25.4 Å². The molecule has 0 saturated heterocycles. The normalized spacial score (nSPS) is 11.7. The molecule has 0 radical (unpaired) electrons. The van der Waals surface area contributed by atoms with Gasteiger partial charge in [-0.2, -0.15) is 0 Å². The van der Waals surface area contributed by atoms with Gasteiger partial charge in [0.1, 0.15) is 16.9 Å². The van der Waals surface area contributed by atoms with Gasteiger partial charge in [-0.05, 0) is 46.1 Å². The van der Waals surface area contributed by atoms with E-state index in [2.05, 4.69) is 31.5 Å². The Labute approximate surface area is 168 Å².